The van der Waals surface area contributed by atoms with Crippen molar-refractivity contribution in [2.24, 2.45) is 0 Å². The Kier molecular flexibility index (Phi) is 5.52. The number of para-hydroxylation sites is 1. The van der Waals surface area contributed by atoms with Crippen LogP contribution >= 0.6 is 11.6 Å². The van der Waals surface area contributed by atoms with Crippen molar-refractivity contribution in [1.29, 1.82) is 0 Å². The van der Waals surface area contributed by atoms with Crippen LogP contribution in [0.2, 0.25) is 5.02 Å². The van der Waals surface area contributed by atoms with E-state index in [1.165, 1.54) is 0 Å². The molecule has 24 heavy (non-hydrogen) atoms. The monoisotopic (exact) mass is 354 g/mol. The summed E-state index contributed by atoms with van der Waals surface area (Å²) < 4.78 is 17.2. The fourth-order valence-corrected chi connectivity index (χ4v) is 2.82. The summed E-state index contributed by atoms with van der Waals surface area (Å²) in [5.41, 5.74) is -0.577. The van der Waals surface area contributed by atoms with Crippen LogP contribution in [0.1, 0.15) is 52.4 Å². The lowest BCUT2D eigenvalue weighted by Crippen LogP contribution is -2.41. The minimum Gasteiger partial charge on any atom is -0.506 e. The Morgan fingerprint density at radius 2 is 1.88 bits per heavy atom. The molecule has 2 rings (SSSR count). The smallest absolute Gasteiger partial charge is 0.466 e. The first-order chi connectivity index (χ1) is 11.1. The molecule has 7 heteroatoms. The summed E-state index contributed by atoms with van der Waals surface area (Å²) in [5, 5.41) is 10.6. The maximum Gasteiger partial charge on any atom is 0.466 e. The summed E-state index contributed by atoms with van der Waals surface area (Å²) in [6.45, 7) is 9.78. The maximum atomic E-state index is 12.1. The number of hydrogen-bond donors (Lipinski definition) is 1. The van der Waals surface area contributed by atoms with E-state index < -0.39 is 24.1 Å². The first kappa shape index (κ1) is 19.1. The number of carbonyl (C=O) groups excluding carboxylic acids is 1. The standard InChI is InChI=1S/C17H24BClO5/c1-6-22-14(20)10-12(11-8-7-9-13(19)15(11)21)18-23-16(2,3)17(4,5)24-18/h7-9,12,21H,6,10H2,1-5H3. The first-order valence-corrected chi connectivity index (χ1v) is 8.45. The van der Waals surface area contributed by atoms with Crippen LogP contribution in [0.4, 0.5) is 0 Å². The Hall–Kier alpha value is -1.24. The summed E-state index contributed by atoms with van der Waals surface area (Å²) in [7, 11) is -0.691. The Morgan fingerprint density at radius 1 is 1.29 bits per heavy atom. The Morgan fingerprint density at radius 3 is 2.42 bits per heavy atom. The first-order valence-electron chi connectivity index (χ1n) is 8.07. The molecule has 132 valence electrons. The lowest BCUT2D eigenvalue weighted by Gasteiger charge is -2.32. The van der Waals surface area contributed by atoms with Gasteiger partial charge in [0.1, 0.15) is 5.75 Å². The fraction of sp³-hybridized carbons (Fsp3) is 0.588. The molecule has 0 aromatic heterocycles. The summed E-state index contributed by atoms with van der Waals surface area (Å²) in [6, 6.07) is 5.03. The van der Waals surface area contributed by atoms with Gasteiger partial charge in [0.2, 0.25) is 0 Å². The van der Waals surface area contributed by atoms with Crippen molar-refractivity contribution in [3.05, 3.63) is 28.8 Å². The molecule has 1 aromatic rings. The number of phenols is 1. The molecular formula is C17H24BClO5. The molecule has 0 spiro atoms. The topological polar surface area (TPSA) is 65.0 Å². The minimum atomic E-state index is -0.691. The quantitative estimate of drug-likeness (QED) is 0.645. The molecule has 1 aliphatic rings. The number of benzene rings is 1. The van der Waals surface area contributed by atoms with E-state index in [2.05, 4.69) is 0 Å². The van der Waals surface area contributed by atoms with Gasteiger partial charge < -0.3 is 19.2 Å². The van der Waals surface area contributed by atoms with Crippen LogP contribution in [0.3, 0.4) is 0 Å². The second-order valence-corrected chi connectivity index (χ2v) is 7.33. The van der Waals surface area contributed by atoms with E-state index in [1.54, 1.807) is 25.1 Å². The highest BCUT2D eigenvalue weighted by Gasteiger charge is 2.54. The van der Waals surface area contributed by atoms with Crippen molar-refractivity contribution >= 4 is 24.7 Å². The zero-order valence-corrected chi connectivity index (χ0v) is 15.5. The SMILES string of the molecule is CCOC(=O)CC(B1OC(C)(C)C(C)(C)O1)c1cccc(Cl)c1O. The molecule has 5 nitrogen and oxygen atoms in total. The van der Waals surface area contributed by atoms with Gasteiger partial charge >= 0.3 is 13.1 Å². The van der Waals surface area contributed by atoms with Crippen LogP contribution in [0.5, 0.6) is 5.75 Å². The molecule has 0 bridgehead atoms. The molecule has 0 aliphatic carbocycles. The van der Waals surface area contributed by atoms with Crippen LogP contribution in [0.15, 0.2) is 18.2 Å². The van der Waals surface area contributed by atoms with Gasteiger partial charge in [0.15, 0.2) is 0 Å². The van der Waals surface area contributed by atoms with Gasteiger partial charge in [-0.25, -0.2) is 0 Å². The van der Waals surface area contributed by atoms with Crippen molar-refractivity contribution in [2.75, 3.05) is 6.61 Å². The molecule has 1 unspecified atom stereocenters. The molecule has 1 saturated heterocycles. The van der Waals surface area contributed by atoms with Gasteiger partial charge in [-0.15, -0.1) is 0 Å². The van der Waals surface area contributed by atoms with E-state index in [4.69, 9.17) is 25.6 Å². The van der Waals surface area contributed by atoms with Crippen LogP contribution in [-0.2, 0) is 18.8 Å². The van der Waals surface area contributed by atoms with Crippen molar-refractivity contribution < 1.29 is 23.9 Å². The molecule has 0 radical (unpaired) electrons. The lowest BCUT2D eigenvalue weighted by atomic mass is 9.66. The predicted molar refractivity (Wildman–Crippen MR) is 93.2 cm³/mol. The predicted octanol–water partition coefficient (Wildman–Crippen LogP) is 3.71. The van der Waals surface area contributed by atoms with E-state index in [-0.39, 0.29) is 29.8 Å². The third kappa shape index (κ3) is 3.71. The summed E-state index contributed by atoms with van der Waals surface area (Å²) in [5.74, 6) is -0.969. The number of rotatable bonds is 5. The molecular weight excluding hydrogens is 330 g/mol. The zero-order chi connectivity index (χ0) is 18.1. The zero-order valence-electron chi connectivity index (χ0n) is 14.8. The van der Waals surface area contributed by atoms with Gasteiger partial charge in [-0.3, -0.25) is 4.79 Å². The third-order valence-electron chi connectivity index (χ3n) is 4.71. The Balaban J connectivity index is 2.37. The van der Waals surface area contributed by atoms with Crippen molar-refractivity contribution in [2.45, 2.75) is 58.1 Å². The lowest BCUT2D eigenvalue weighted by molar-refractivity contribution is -0.143. The van der Waals surface area contributed by atoms with Crippen LogP contribution < -0.4 is 0 Å². The molecule has 1 aromatic carbocycles. The maximum absolute atomic E-state index is 12.1. The van der Waals surface area contributed by atoms with Crippen LogP contribution in [-0.4, -0.2) is 36.0 Å². The number of aromatic hydroxyl groups is 1. The molecule has 1 fully saturated rings. The third-order valence-corrected chi connectivity index (χ3v) is 5.01. The number of ether oxygens (including phenoxy) is 1. The molecule has 1 aliphatic heterocycles. The van der Waals surface area contributed by atoms with Gasteiger partial charge in [0.25, 0.3) is 0 Å². The highest BCUT2D eigenvalue weighted by atomic mass is 35.5. The molecule has 1 atom stereocenters. The minimum absolute atomic E-state index is 0.0264. The Bertz CT molecular complexity index is 601. The summed E-state index contributed by atoms with van der Waals surface area (Å²) in [6.07, 6.45) is 0.0264. The number of carbonyl (C=O) groups is 1. The van der Waals surface area contributed by atoms with Crippen molar-refractivity contribution in [3.8, 4) is 5.75 Å². The van der Waals surface area contributed by atoms with Crippen molar-refractivity contribution in [1.82, 2.24) is 0 Å². The molecule has 0 amide bonds. The van der Waals surface area contributed by atoms with Gasteiger partial charge in [0.05, 0.1) is 29.3 Å². The molecule has 1 N–H and O–H groups in total. The number of hydrogen-bond acceptors (Lipinski definition) is 5. The number of phenolic OH excluding ortho intramolecular Hbond substituents is 1. The molecule has 1 heterocycles. The average molecular weight is 355 g/mol. The van der Waals surface area contributed by atoms with Gasteiger partial charge in [-0.05, 0) is 46.2 Å². The highest BCUT2D eigenvalue weighted by molar-refractivity contribution is 6.48. The largest absolute Gasteiger partial charge is 0.506 e. The number of esters is 1. The van der Waals surface area contributed by atoms with Gasteiger partial charge in [0, 0.05) is 5.82 Å². The van der Waals surface area contributed by atoms with E-state index in [0.717, 1.165) is 0 Å². The molecule has 0 saturated carbocycles. The highest BCUT2D eigenvalue weighted by Crippen LogP contribution is 2.44. The number of halogens is 1. The summed E-state index contributed by atoms with van der Waals surface area (Å²) in [4.78, 5) is 12.1. The fourth-order valence-electron chi connectivity index (χ4n) is 2.64. The Labute approximate surface area is 148 Å². The van der Waals surface area contributed by atoms with Gasteiger partial charge in [-0.1, -0.05) is 23.7 Å². The van der Waals surface area contributed by atoms with E-state index >= 15 is 0 Å². The average Bonchev–Trinajstić information content (AvgIpc) is 2.68. The second kappa shape index (κ2) is 6.94. The second-order valence-electron chi connectivity index (χ2n) is 6.92. The van der Waals surface area contributed by atoms with Crippen LogP contribution in [0, 0.1) is 0 Å². The van der Waals surface area contributed by atoms with E-state index in [1.807, 2.05) is 27.7 Å². The van der Waals surface area contributed by atoms with Crippen LogP contribution in [0.25, 0.3) is 0 Å². The van der Waals surface area contributed by atoms with Crippen molar-refractivity contribution in [3.63, 3.8) is 0 Å². The normalized spacial score (nSPS) is 20.0. The van der Waals surface area contributed by atoms with E-state index in [0.29, 0.717) is 5.56 Å². The van der Waals surface area contributed by atoms with Gasteiger partial charge in [-0.2, -0.15) is 0 Å². The van der Waals surface area contributed by atoms with E-state index in [9.17, 15) is 9.90 Å². The summed E-state index contributed by atoms with van der Waals surface area (Å²) >= 11 is 6.03.